The molecule has 11 heteroatoms. The van der Waals surface area contributed by atoms with E-state index in [1.54, 1.807) is 13.0 Å². The predicted molar refractivity (Wildman–Crippen MR) is 135 cm³/mol. The van der Waals surface area contributed by atoms with Crippen LogP contribution in [0.2, 0.25) is 10.0 Å². The van der Waals surface area contributed by atoms with Gasteiger partial charge < -0.3 is 10.2 Å². The lowest BCUT2D eigenvalue weighted by molar-refractivity contribution is -0.139. The predicted octanol–water partition coefficient (Wildman–Crippen LogP) is 4.37. The van der Waals surface area contributed by atoms with Crippen LogP contribution in [0, 0.1) is 5.82 Å². The van der Waals surface area contributed by atoms with Crippen molar-refractivity contribution in [2.24, 2.45) is 0 Å². The maximum absolute atomic E-state index is 14.4. The van der Waals surface area contributed by atoms with Crippen LogP contribution < -0.4 is 9.62 Å². The average molecular weight is 544 g/mol. The Morgan fingerprint density at radius 2 is 1.80 bits per heavy atom. The fraction of sp³-hybridized carbons (Fsp3) is 0.417. The van der Waals surface area contributed by atoms with Crippen molar-refractivity contribution in [1.82, 2.24) is 10.2 Å². The number of nitrogens with one attached hydrogen (secondary N) is 1. The molecule has 2 aromatic carbocycles. The third-order valence-electron chi connectivity index (χ3n) is 6.02. The van der Waals surface area contributed by atoms with Crippen LogP contribution in [0.4, 0.5) is 10.1 Å². The number of hydrogen-bond donors (Lipinski definition) is 1. The van der Waals surface area contributed by atoms with Gasteiger partial charge in [-0.1, -0.05) is 54.2 Å². The van der Waals surface area contributed by atoms with Gasteiger partial charge in [-0.15, -0.1) is 0 Å². The molecule has 0 aromatic heterocycles. The van der Waals surface area contributed by atoms with E-state index >= 15 is 0 Å². The van der Waals surface area contributed by atoms with Crippen LogP contribution in [-0.2, 0) is 26.2 Å². The Labute approximate surface area is 215 Å². The molecule has 1 N–H and O–H groups in total. The Balaban J connectivity index is 1.92. The van der Waals surface area contributed by atoms with Gasteiger partial charge in [-0.05, 0) is 44.0 Å². The molecule has 0 spiro atoms. The van der Waals surface area contributed by atoms with Crippen LogP contribution in [-0.4, -0.2) is 50.0 Å². The van der Waals surface area contributed by atoms with E-state index < -0.39 is 34.3 Å². The van der Waals surface area contributed by atoms with Gasteiger partial charge >= 0.3 is 0 Å². The van der Waals surface area contributed by atoms with Gasteiger partial charge in [0.15, 0.2) is 0 Å². The van der Waals surface area contributed by atoms with Gasteiger partial charge in [-0.2, -0.15) is 0 Å². The summed E-state index contributed by atoms with van der Waals surface area (Å²) in [4.78, 5) is 27.7. The quantitative estimate of drug-likeness (QED) is 0.508. The molecule has 1 aliphatic carbocycles. The lowest BCUT2D eigenvalue weighted by atomic mass is 10.1. The Bertz CT molecular complexity index is 1190. The molecule has 0 aliphatic heterocycles. The van der Waals surface area contributed by atoms with E-state index in [4.69, 9.17) is 23.2 Å². The van der Waals surface area contributed by atoms with Crippen molar-refractivity contribution in [1.29, 1.82) is 0 Å². The molecule has 0 bridgehead atoms. The molecular weight excluding hydrogens is 516 g/mol. The summed E-state index contributed by atoms with van der Waals surface area (Å²) in [6, 6.07) is 9.23. The van der Waals surface area contributed by atoms with Gasteiger partial charge in [-0.3, -0.25) is 13.9 Å². The summed E-state index contributed by atoms with van der Waals surface area (Å²) in [5.41, 5.74) is 0.233. The molecule has 2 aromatic rings. The van der Waals surface area contributed by atoms with E-state index in [1.807, 2.05) is 0 Å². The standard InChI is InChI=1S/C24H28Cl2FN3O4S/c1-16(24(32)28-19-8-4-5-9-19)29(14-17-7-3-6-10-21(17)27)23(31)15-30(35(2,33)34)22-13-18(25)11-12-20(22)26/h3,6-7,10-13,16,19H,4-5,8-9,14-15H2,1-2H3,(H,28,32). The average Bonchev–Trinajstić information content (AvgIpc) is 3.30. The molecule has 1 atom stereocenters. The zero-order valence-electron chi connectivity index (χ0n) is 19.5. The monoisotopic (exact) mass is 543 g/mol. The maximum atomic E-state index is 14.4. The number of carbonyl (C=O) groups excluding carboxylic acids is 2. The fourth-order valence-corrected chi connectivity index (χ4v) is 5.35. The van der Waals surface area contributed by atoms with E-state index in [9.17, 15) is 22.4 Å². The van der Waals surface area contributed by atoms with Crippen molar-refractivity contribution < 1.29 is 22.4 Å². The van der Waals surface area contributed by atoms with Gasteiger partial charge in [0.25, 0.3) is 0 Å². The Hall–Kier alpha value is -2.36. The van der Waals surface area contributed by atoms with Crippen LogP contribution in [0.1, 0.15) is 38.2 Å². The van der Waals surface area contributed by atoms with Crippen LogP contribution in [0.5, 0.6) is 0 Å². The molecule has 1 aliphatic rings. The minimum Gasteiger partial charge on any atom is -0.352 e. The van der Waals surface area contributed by atoms with E-state index in [0.29, 0.717) is 0 Å². The van der Waals surface area contributed by atoms with Crippen LogP contribution in [0.25, 0.3) is 0 Å². The Morgan fingerprint density at radius 3 is 2.43 bits per heavy atom. The van der Waals surface area contributed by atoms with Gasteiger partial charge in [0.05, 0.1) is 17.0 Å². The van der Waals surface area contributed by atoms with Crippen molar-refractivity contribution in [2.75, 3.05) is 17.1 Å². The number of hydrogen-bond acceptors (Lipinski definition) is 4. The fourth-order valence-electron chi connectivity index (χ4n) is 4.06. The molecular formula is C24H28Cl2FN3O4S. The number of sulfonamides is 1. The van der Waals surface area contributed by atoms with E-state index in [1.165, 1.54) is 41.3 Å². The first kappa shape index (κ1) is 27.2. The smallest absolute Gasteiger partial charge is 0.244 e. The summed E-state index contributed by atoms with van der Waals surface area (Å²) in [5, 5.41) is 3.27. The molecule has 1 unspecified atom stereocenters. The van der Waals surface area contributed by atoms with Gasteiger partial charge in [0, 0.05) is 23.2 Å². The minimum absolute atomic E-state index is 0.0214. The van der Waals surface area contributed by atoms with E-state index in [2.05, 4.69) is 5.32 Å². The van der Waals surface area contributed by atoms with Gasteiger partial charge in [0.1, 0.15) is 18.4 Å². The Kier molecular flexibility index (Phi) is 9.01. The first-order chi connectivity index (χ1) is 16.5. The molecule has 2 amide bonds. The van der Waals surface area contributed by atoms with Crippen LogP contribution in [0.15, 0.2) is 42.5 Å². The number of nitrogens with zero attached hydrogens (tertiary/aromatic N) is 2. The number of anilines is 1. The van der Waals surface area contributed by atoms with Gasteiger partial charge in [-0.25, -0.2) is 12.8 Å². The summed E-state index contributed by atoms with van der Waals surface area (Å²) in [6.07, 6.45) is 4.68. The summed E-state index contributed by atoms with van der Waals surface area (Å²) in [5.74, 6) is -1.61. The number of benzene rings is 2. The SMILES string of the molecule is CC(C(=O)NC1CCCC1)N(Cc1ccccc1F)C(=O)CN(c1cc(Cl)ccc1Cl)S(C)(=O)=O. The highest BCUT2D eigenvalue weighted by molar-refractivity contribution is 7.92. The number of carbonyl (C=O) groups is 2. The Morgan fingerprint density at radius 1 is 1.14 bits per heavy atom. The lowest BCUT2D eigenvalue weighted by Crippen LogP contribution is -2.52. The van der Waals surface area contributed by atoms with Crippen molar-refractivity contribution in [3.8, 4) is 0 Å². The number of halogens is 3. The van der Waals surface area contributed by atoms with Gasteiger partial charge in [0.2, 0.25) is 21.8 Å². The normalized spacial score (nSPS) is 15.0. The van der Waals surface area contributed by atoms with Crippen LogP contribution in [0.3, 0.4) is 0 Å². The molecule has 1 fully saturated rings. The topological polar surface area (TPSA) is 86.8 Å². The number of rotatable bonds is 9. The first-order valence-corrected chi connectivity index (χ1v) is 13.8. The van der Waals surface area contributed by atoms with Crippen LogP contribution >= 0.6 is 23.2 Å². The second-order valence-electron chi connectivity index (χ2n) is 8.64. The highest BCUT2D eigenvalue weighted by Gasteiger charge is 2.32. The third kappa shape index (κ3) is 7.08. The second-order valence-corrected chi connectivity index (χ2v) is 11.4. The van der Waals surface area contributed by atoms with E-state index in [0.717, 1.165) is 36.2 Å². The van der Waals surface area contributed by atoms with Crippen molar-refractivity contribution in [3.63, 3.8) is 0 Å². The molecule has 190 valence electrons. The second kappa shape index (κ2) is 11.6. The largest absolute Gasteiger partial charge is 0.352 e. The van der Waals surface area contributed by atoms with E-state index in [-0.39, 0.29) is 39.8 Å². The summed E-state index contributed by atoms with van der Waals surface area (Å²) in [6.45, 7) is 0.681. The third-order valence-corrected chi connectivity index (χ3v) is 7.70. The minimum atomic E-state index is -3.96. The maximum Gasteiger partial charge on any atom is 0.244 e. The molecule has 0 heterocycles. The summed E-state index contributed by atoms with van der Waals surface area (Å²) in [7, 11) is -3.96. The highest BCUT2D eigenvalue weighted by atomic mass is 35.5. The molecule has 7 nitrogen and oxygen atoms in total. The molecule has 35 heavy (non-hydrogen) atoms. The zero-order valence-corrected chi connectivity index (χ0v) is 21.8. The molecule has 0 saturated heterocycles. The first-order valence-electron chi connectivity index (χ1n) is 11.2. The van der Waals surface area contributed by atoms with Crippen molar-refractivity contribution in [3.05, 3.63) is 63.9 Å². The van der Waals surface area contributed by atoms with Crippen molar-refractivity contribution >= 4 is 50.7 Å². The lowest BCUT2D eigenvalue weighted by Gasteiger charge is -2.32. The molecule has 0 radical (unpaired) electrons. The van der Waals surface area contributed by atoms with Crippen molar-refractivity contribution in [2.45, 2.75) is 51.2 Å². The molecule has 1 saturated carbocycles. The number of amides is 2. The summed E-state index contributed by atoms with van der Waals surface area (Å²) < 4.78 is 40.5. The molecule has 3 rings (SSSR count). The zero-order chi connectivity index (χ0) is 25.8. The highest BCUT2D eigenvalue weighted by Crippen LogP contribution is 2.31. The summed E-state index contributed by atoms with van der Waals surface area (Å²) >= 11 is 12.3.